The van der Waals surface area contributed by atoms with Crippen LogP contribution in [0.1, 0.15) is 20.3 Å². The van der Waals surface area contributed by atoms with Gasteiger partial charge in [0.2, 0.25) is 11.8 Å². The number of carbonyl (C=O) groups excluding carboxylic acids is 2. The molecular weight excluding hydrogens is 446 g/mol. The molecule has 3 aromatic rings. The average Bonchev–Trinajstić information content (AvgIpc) is 3.41. The summed E-state index contributed by atoms with van der Waals surface area (Å²) in [4.78, 5) is 36.0. The molecule has 2 amide bonds. The number of hydrogen-bond acceptors (Lipinski definition) is 5. The highest BCUT2D eigenvalue weighted by Gasteiger charge is 2.38. The smallest absolute Gasteiger partial charge is 0.234 e. The molecule has 0 spiro atoms. The Balaban J connectivity index is 1.63. The zero-order chi connectivity index (χ0) is 23.5. The van der Waals surface area contributed by atoms with E-state index in [4.69, 9.17) is 0 Å². The van der Waals surface area contributed by atoms with E-state index in [9.17, 15) is 18.4 Å². The quantitative estimate of drug-likeness (QED) is 0.491. The normalized spacial score (nSPS) is 16.2. The lowest BCUT2D eigenvalue weighted by molar-refractivity contribution is -0.124. The van der Waals surface area contributed by atoms with Crippen LogP contribution in [-0.4, -0.2) is 54.4 Å². The molecule has 0 aliphatic carbocycles. The molecule has 6 nitrogen and oxygen atoms in total. The molecular formula is C24H26F2N4O2S. The van der Waals surface area contributed by atoms with Crippen molar-refractivity contribution in [2.75, 3.05) is 42.5 Å². The zero-order valence-corrected chi connectivity index (χ0v) is 19.4. The summed E-state index contributed by atoms with van der Waals surface area (Å²) in [6.07, 6.45) is 0.101. The van der Waals surface area contributed by atoms with Crippen LogP contribution < -0.4 is 9.80 Å². The third-order valence-corrected chi connectivity index (χ3v) is 7.00. The summed E-state index contributed by atoms with van der Waals surface area (Å²) in [5, 5.41) is 0.317. The molecule has 2 heterocycles. The van der Waals surface area contributed by atoms with Gasteiger partial charge in [-0.2, -0.15) is 0 Å². The molecule has 0 radical (unpaired) electrons. The Morgan fingerprint density at radius 1 is 1.15 bits per heavy atom. The van der Waals surface area contributed by atoms with Gasteiger partial charge in [0, 0.05) is 37.8 Å². The number of hydrogen-bond donors (Lipinski definition) is 0. The summed E-state index contributed by atoms with van der Waals surface area (Å²) in [6.45, 7) is 6.95. The van der Waals surface area contributed by atoms with E-state index >= 15 is 0 Å². The number of carbonyl (C=O) groups is 2. The van der Waals surface area contributed by atoms with Crippen LogP contribution in [0.15, 0.2) is 42.5 Å². The summed E-state index contributed by atoms with van der Waals surface area (Å²) in [6, 6.07) is 11.3. The van der Waals surface area contributed by atoms with Crippen molar-refractivity contribution in [1.29, 1.82) is 0 Å². The van der Waals surface area contributed by atoms with Crippen LogP contribution in [0.2, 0.25) is 0 Å². The fourth-order valence-electron chi connectivity index (χ4n) is 4.09. The van der Waals surface area contributed by atoms with Gasteiger partial charge in [0.15, 0.2) is 10.9 Å². The number of nitrogens with zero attached hydrogens (tertiary/aromatic N) is 4. The molecule has 1 aliphatic rings. The first-order chi connectivity index (χ1) is 15.9. The first-order valence-electron chi connectivity index (χ1n) is 11.1. The first-order valence-corrected chi connectivity index (χ1v) is 11.9. The Hall–Kier alpha value is -2.91. The highest BCUT2D eigenvalue weighted by Crippen LogP contribution is 2.33. The zero-order valence-electron chi connectivity index (χ0n) is 18.6. The summed E-state index contributed by atoms with van der Waals surface area (Å²) in [5.41, 5.74) is 0.801. The Bertz CT molecular complexity index is 1150. The SMILES string of the molecule is CCN(CC)CCN(C(=O)C1CC(=O)N(c2ccccc2)C1)c1nc2c(F)cc(F)cc2s1. The van der Waals surface area contributed by atoms with E-state index in [1.165, 1.54) is 11.0 Å². The number of likely N-dealkylation sites (N-methyl/N-ethyl adjacent to an activating group) is 1. The third-order valence-electron chi connectivity index (χ3n) is 5.98. The molecule has 9 heteroatoms. The second-order valence-corrected chi connectivity index (χ2v) is 9.00. The predicted octanol–water partition coefficient (Wildman–Crippen LogP) is 4.30. The number of para-hydroxylation sites is 1. The van der Waals surface area contributed by atoms with Crippen molar-refractivity contribution in [3.8, 4) is 0 Å². The van der Waals surface area contributed by atoms with Crippen molar-refractivity contribution in [2.45, 2.75) is 20.3 Å². The Morgan fingerprint density at radius 2 is 1.88 bits per heavy atom. The lowest BCUT2D eigenvalue weighted by atomic mass is 10.1. The number of halogens is 2. The summed E-state index contributed by atoms with van der Waals surface area (Å²) >= 11 is 1.08. The lowest BCUT2D eigenvalue weighted by Crippen LogP contribution is -2.42. The average molecular weight is 473 g/mol. The van der Waals surface area contributed by atoms with E-state index < -0.39 is 17.6 Å². The molecule has 1 saturated heterocycles. The fraction of sp³-hybridized carbons (Fsp3) is 0.375. The molecule has 0 saturated carbocycles. The van der Waals surface area contributed by atoms with Crippen LogP contribution in [0.25, 0.3) is 10.2 Å². The molecule has 2 aromatic carbocycles. The van der Waals surface area contributed by atoms with E-state index in [1.807, 2.05) is 44.2 Å². The van der Waals surface area contributed by atoms with Gasteiger partial charge in [0.25, 0.3) is 0 Å². The van der Waals surface area contributed by atoms with Crippen LogP contribution in [0.5, 0.6) is 0 Å². The molecule has 4 rings (SSSR count). The molecule has 0 bridgehead atoms. The van der Waals surface area contributed by atoms with Gasteiger partial charge < -0.3 is 9.80 Å². The minimum Gasteiger partial charge on any atom is -0.312 e. The Morgan fingerprint density at radius 3 is 2.58 bits per heavy atom. The van der Waals surface area contributed by atoms with Gasteiger partial charge in [-0.05, 0) is 31.3 Å². The first kappa shape index (κ1) is 23.3. The van der Waals surface area contributed by atoms with Gasteiger partial charge in [-0.25, -0.2) is 13.8 Å². The molecule has 1 aromatic heterocycles. The molecule has 1 unspecified atom stereocenters. The van der Waals surface area contributed by atoms with E-state index in [-0.39, 0.29) is 30.3 Å². The van der Waals surface area contributed by atoms with E-state index in [2.05, 4.69) is 9.88 Å². The number of anilines is 2. The Kier molecular flexibility index (Phi) is 6.99. The van der Waals surface area contributed by atoms with Crippen molar-refractivity contribution in [3.05, 3.63) is 54.1 Å². The van der Waals surface area contributed by atoms with Crippen LogP contribution >= 0.6 is 11.3 Å². The number of amides is 2. The predicted molar refractivity (Wildman–Crippen MR) is 127 cm³/mol. The van der Waals surface area contributed by atoms with Crippen molar-refractivity contribution in [3.63, 3.8) is 0 Å². The van der Waals surface area contributed by atoms with E-state index in [0.29, 0.717) is 22.9 Å². The molecule has 1 aliphatic heterocycles. The minimum absolute atomic E-state index is 0.0467. The molecule has 174 valence electrons. The van der Waals surface area contributed by atoms with Crippen molar-refractivity contribution in [2.24, 2.45) is 5.92 Å². The van der Waals surface area contributed by atoms with Gasteiger partial charge in [0.1, 0.15) is 11.3 Å². The maximum atomic E-state index is 14.3. The van der Waals surface area contributed by atoms with Crippen molar-refractivity contribution < 1.29 is 18.4 Å². The summed E-state index contributed by atoms with van der Waals surface area (Å²) < 4.78 is 28.3. The maximum Gasteiger partial charge on any atom is 0.234 e. The van der Waals surface area contributed by atoms with Crippen LogP contribution in [0.3, 0.4) is 0 Å². The van der Waals surface area contributed by atoms with Gasteiger partial charge >= 0.3 is 0 Å². The number of fused-ring (bicyclic) bond motifs is 1. The highest BCUT2D eigenvalue weighted by molar-refractivity contribution is 7.22. The second-order valence-electron chi connectivity index (χ2n) is 7.99. The largest absolute Gasteiger partial charge is 0.312 e. The monoisotopic (exact) mass is 472 g/mol. The summed E-state index contributed by atoms with van der Waals surface area (Å²) in [5.74, 6) is -2.32. The molecule has 0 N–H and O–H groups in total. The van der Waals surface area contributed by atoms with Gasteiger partial charge in [-0.15, -0.1) is 0 Å². The summed E-state index contributed by atoms with van der Waals surface area (Å²) in [7, 11) is 0. The van der Waals surface area contributed by atoms with Gasteiger partial charge in [0.05, 0.1) is 10.6 Å². The van der Waals surface area contributed by atoms with Crippen LogP contribution in [0, 0.1) is 17.6 Å². The minimum atomic E-state index is -0.755. The van der Waals surface area contributed by atoms with Crippen molar-refractivity contribution >= 4 is 44.2 Å². The fourth-order valence-corrected chi connectivity index (χ4v) is 5.13. The van der Waals surface area contributed by atoms with Crippen LogP contribution in [0.4, 0.5) is 19.6 Å². The molecule has 1 atom stereocenters. The second kappa shape index (κ2) is 9.93. The third kappa shape index (κ3) is 4.89. The topological polar surface area (TPSA) is 56.8 Å². The number of rotatable bonds is 8. The van der Waals surface area contributed by atoms with Gasteiger partial charge in [-0.3, -0.25) is 14.5 Å². The van der Waals surface area contributed by atoms with E-state index in [0.717, 1.165) is 36.2 Å². The highest BCUT2D eigenvalue weighted by atomic mass is 32.1. The maximum absolute atomic E-state index is 14.3. The lowest BCUT2D eigenvalue weighted by Gasteiger charge is -2.26. The molecule has 1 fully saturated rings. The van der Waals surface area contributed by atoms with Gasteiger partial charge in [-0.1, -0.05) is 43.4 Å². The van der Waals surface area contributed by atoms with E-state index in [1.54, 1.807) is 4.90 Å². The Labute approximate surface area is 195 Å². The van der Waals surface area contributed by atoms with Crippen LogP contribution in [-0.2, 0) is 9.59 Å². The standard InChI is InChI=1S/C24H26F2N4O2S/c1-3-28(4-2)10-11-29(24-27-22-19(26)13-17(25)14-20(22)33-24)23(32)16-12-21(31)30(15-16)18-8-6-5-7-9-18/h5-9,13-14,16H,3-4,10-12,15H2,1-2H3. The number of thiazole rings is 1. The number of benzene rings is 2. The number of aromatic nitrogens is 1. The molecule has 33 heavy (non-hydrogen) atoms. The van der Waals surface area contributed by atoms with Crippen molar-refractivity contribution in [1.82, 2.24) is 9.88 Å².